The summed E-state index contributed by atoms with van der Waals surface area (Å²) in [6, 6.07) is 9.36. The Labute approximate surface area is 218 Å². The van der Waals surface area contributed by atoms with Crippen LogP contribution in [-0.2, 0) is 16.8 Å². The Bertz CT molecular complexity index is 1490. The summed E-state index contributed by atoms with van der Waals surface area (Å²) in [5.41, 5.74) is 3.56. The number of rotatable bonds is 6. The van der Waals surface area contributed by atoms with Gasteiger partial charge in [-0.1, -0.05) is 38.4 Å². The van der Waals surface area contributed by atoms with Crippen molar-refractivity contribution in [1.29, 1.82) is 0 Å². The van der Waals surface area contributed by atoms with Gasteiger partial charge in [-0.25, -0.2) is 9.78 Å². The molecule has 0 aliphatic carbocycles. The van der Waals surface area contributed by atoms with E-state index in [0.717, 1.165) is 5.69 Å². The van der Waals surface area contributed by atoms with Gasteiger partial charge in [0.2, 0.25) is 5.91 Å². The molecule has 0 spiro atoms. The second kappa shape index (κ2) is 10.1. The van der Waals surface area contributed by atoms with Crippen LogP contribution in [0.2, 0.25) is 5.02 Å². The van der Waals surface area contributed by atoms with E-state index >= 15 is 0 Å². The third-order valence-electron chi connectivity index (χ3n) is 5.54. The van der Waals surface area contributed by atoms with Crippen molar-refractivity contribution >= 4 is 46.2 Å². The molecule has 194 valence electrons. The Balaban J connectivity index is 1.55. The largest absolute Gasteiger partial charge is 0.496 e. The molecule has 0 atom stereocenters. The van der Waals surface area contributed by atoms with Gasteiger partial charge in [-0.3, -0.25) is 9.89 Å². The summed E-state index contributed by atoms with van der Waals surface area (Å²) in [5, 5.41) is 25.9. The fraction of sp³-hybridized carbons (Fsp3) is 0.280. The molecule has 0 radical (unpaired) electrons. The number of methoxy groups -OCH3 is 1. The molecule has 0 saturated carbocycles. The van der Waals surface area contributed by atoms with Crippen LogP contribution in [0.3, 0.4) is 0 Å². The predicted molar refractivity (Wildman–Crippen MR) is 142 cm³/mol. The number of H-pyrrole nitrogens is 1. The Kier molecular flexibility index (Phi) is 7.10. The van der Waals surface area contributed by atoms with Crippen molar-refractivity contribution in [3.63, 3.8) is 0 Å². The van der Waals surface area contributed by atoms with Gasteiger partial charge in [0.05, 0.1) is 25.0 Å². The van der Waals surface area contributed by atoms with Crippen molar-refractivity contribution in [2.24, 2.45) is 0 Å². The predicted octanol–water partition coefficient (Wildman–Crippen LogP) is 4.78. The molecule has 37 heavy (non-hydrogen) atoms. The smallest absolute Gasteiger partial charge is 0.323 e. The van der Waals surface area contributed by atoms with Gasteiger partial charge in [0.15, 0.2) is 11.5 Å². The first-order chi connectivity index (χ1) is 17.5. The van der Waals surface area contributed by atoms with Gasteiger partial charge in [-0.15, -0.1) is 5.10 Å². The minimum atomic E-state index is -0.542. The number of nitrogens with one attached hydrogen (secondary N) is 4. The molecule has 3 amide bonds. The Morgan fingerprint density at radius 1 is 1.11 bits per heavy atom. The van der Waals surface area contributed by atoms with Crippen LogP contribution < -0.4 is 20.7 Å². The number of anilines is 3. The molecule has 4 aromatic rings. The topological polar surface area (TPSA) is 146 Å². The van der Waals surface area contributed by atoms with E-state index in [2.05, 4.69) is 31.1 Å². The van der Waals surface area contributed by atoms with E-state index in [1.165, 1.54) is 18.7 Å². The van der Waals surface area contributed by atoms with Crippen LogP contribution in [0.15, 0.2) is 36.4 Å². The first kappa shape index (κ1) is 26.0. The van der Waals surface area contributed by atoms with Crippen molar-refractivity contribution < 1.29 is 19.4 Å². The summed E-state index contributed by atoms with van der Waals surface area (Å²) in [5.74, 6) is 0.603. The van der Waals surface area contributed by atoms with E-state index in [0.29, 0.717) is 50.4 Å². The molecule has 12 heteroatoms. The highest BCUT2D eigenvalue weighted by atomic mass is 35.5. The Morgan fingerprint density at radius 3 is 2.43 bits per heavy atom. The van der Waals surface area contributed by atoms with E-state index in [9.17, 15) is 14.7 Å². The van der Waals surface area contributed by atoms with Gasteiger partial charge < -0.3 is 25.8 Å². The summed E-state index contributed by atoms with van der Waals surface area (Å²) in [4.78, 5) is 28.6. The maximum absolute atomic E-state index is 12.7. The van der Waals surface area contributed by atoms with Crippen molar-refractivity contribution in [2.75, 3.05) is 23.1 Å². The summed E-state index contributed by atoms with van der Waals surface area (Å²) in [6.07, 6.45) is 0. The highest BCUT2D eigenvalue weighted by Crippen LogP contribution is 2.35. The third-order valence-corrected chi connectivity index (χ3v) is 5.90. The van der Waals surface area contributed by atoms with Crippen LogP contribution in [0.4, 0.5) is 21.9 Å². The van der Waals surface area contributed by atoms with Crippen LogP contribution >= 0.6 is 11.6 Å². The van der Waals surface area contributed by atoms with Gasteiger partial charge in [0, 0.05) is 41.0 Å². The van der Waals surface area contributed by atoms with Gasteiger partial charge in [0.25, 0.3) is 0 Å². The second-order valence-electron chi connectivity index (χ2n) is 9.43. The lowest BCUT2D eigenvalue weighted by Crippen LogP contribution is -2.20. The molecule has 4 rings (SSSR count). The number of hydrogen-bond acceptors (Lipinski definition) is 6. The van der Waals surface area contributed by atoms with Crippen LogP contribution in [-0.4, -0.2) is 44.0 Å². The number of aromatic amines is 1. The number of amides is 3. The zero-order valence-electron chi connectivity index (χ0n) is 21.1. The molecule has 0 aliphatic heterocycles. The molecule has 0 saturated heterocycles. The molecular formula is C25H28ClN7O4. The molecule has 0 fully saturated rings. The molecular weight excluding hydrogens is 498 g/mol. The highest BCUT2D eigenvalue weighted by molar-refractivity contribution is 6.34. The lowest BCUT2D eigenvalue weighted by Gasteiger charge is -2.16. The van der Waals surface area contributed by atoms with E-state index in [4.69, 9.17) is 16.3 Å². The number of fused-ring (bicyclic) bond motifs is 1. The fourth-order valence-corrected chi connectivity index (χ4v) is 4.21. The normalized spacial score (nSPS) is 11.4. The van der Waals surface area contributed by atoms with Crippen LogP contribution in [0.1, 0.15) is 39.0 Å². The number of ether oxygens (including phenoxy) is 1. The van der Waals surface area contributed by atoms with Crippen molar-refractivity contribution in [2.45, 2.75) is 39.7 Å². The zero-order chi connectivity index (χ0) is 26.9. The summed E-state index contributed by atoms with van der Waals surface area (Å²) in [7, 11) is 1.51. The van der Waals surface area contributed by atoms with Crippen LogP contribution in [0, 0.1) is 0 Å². The number of aliphatic hydroxyl groups is 1. The number of aliphatic hydroxyl groups excluding tert-OH is 1. The summed E-state index contributed by atoms with van der Waals surface area (Å²) >= 11 is 6.54. The van der Waals surface area contributed by atoms with Gasteiger partial charge in [-0.05, 0) is 24.3 Å². The number of hydrogen-bond donors (Lipinski definition) is 5. The monoisotopic (exact) mass is 525 g/mol. The molecule has 11 nitrogen and oxygen atoms in total. The number of urea groups is 1. The van der Waals surface area contributed by atoms with E-state index in [1.54, 1.807) is 36.4 Å². The second-order valence-corrected chi connectivity index (χ2v) is 9.80. The number of halogens is 1. The molecule has 0 aliphatic rings. The maximum atomic E-state index is 12.7. The standard InChI is InChI=1S/C25H28ClN7O4/c1-13(35)27-15-7-6-14(12-34)18(10-15)29-24(36)28-16-8-9-17(19(11-16)37-5)22-30-23-20(26)21(25(2,3)4)31-33(23)32-22/h6-11,31,34H,12H2,1-5H3,(H,27,35)(H2,28,29,36). The molecule has 2 aromatic carbocycles. The SMILES string of the molecule is COc1cc(NC(=O)Nc2cc(NC(C)=O)ccc2CO)ccc1-c1nc2c(Cl)c(C(C)(C)C)[nH]n2n1. The third kappa shape index (κ3) is 5.52. The van der Waals surface area contributed by atoms with Crippen molar-refractivity contribution in [3.05, 3.63) is 52.7 Å². The molecule has 0 bridgehead atoms. The summed E-state index contributed by atoms with van der Waals surface area (Å²) in [6.45, 7) is 7.22. The van der Waals surface area contributed by atoms with Crippen LogP contribution in [0.25, 0.3) is 17.0 Å². The number of carbonyl (C=O) groups excluding carboxylic acids is 2. The van der Waals surface area contributed by atoms with E-state index in [-0.39, 0.29) is 17.9 Å². The lowest BCUT2D eigenvalue weighted by molar-refractivity contribution is -0.114. The first-order valence-corrected chi connectivity index (χ1v) is 11.8. The average Bonchev–Trinajstić information content (AvgIpc) is 3.38. The highest BCUT2D eigenvalue weighted by Gasteiger charge is 2.25. The summed E-state index contributed by atoms with van der Waals surface area (Å²) < 4.78 is 7.07. The fourth-order valence-electron chi connectivity index (χ4n) is 3.76. The van der Waals surface area contributed by atoms with Gasteiger partial charge in [0.1, 0.15) is 10.8 Å². The van der Waals surface area contributed by atoms with Crippen molar-refractivity contribution in [3.8, 4) is 17.1 Å². The number of nitrogens with zero attached hydrogens (tertiary/aromatic N) is 3. The molecule has 0 unspecified atom stereocenters. The van der Waals surface area contributed by atoms with E-state index < -0.39 is 6.03 Å². The first-order valence-electron chi connectivity index (χ1n) is 11.4. The minimum Gasteiger partial charge on any atom is -0.496 e. The molecule has 2 aromatic heterocycles. The quantitative estimate of drug-likeness (QED) is 0.245. The minimum absolute atomic E-state index is 0.200. The average molecular weight is 526 g/mol. The lowest BCUT2D eigenvalue weighted by atomic mass is 9.92. The van der Waals surface area contributed by atoms with Crippen molar-refractivity contribution in [1.82, 2.24) is 19.8 Å². The zero-order valence-corrected chi connectivity index (χ0v) is 21.8. The van der Waals surface area contributed by atoms with Gasteiger partial charge in [-0.2, -0.15) is 4.63 Å². The molecule has 2 heterocycles. The van der Waals surface area contributed by atoms with E-state index in [1.807, 2.05) is 20.8 Å². The molecule has 5 N–H and O–H groups in total. The number of benzene rings is 2. The Morgan fingerprint density at radius 2 is 1.81 bits per heavy atom. The number of carbonyl (C=O) groups is 2. The Hall–Kier alpha value is -4.09. The number of aromatic nitrogens is 4. The van der Waals surface area contributed by atoms with Gasteiger partial charge >= 0.3 is 6.03 Å². The van der Waals surface area contributed by atoms with Crippen LogP contribution in [0.5, 0.6) is 5.75 Å². The maximum Gasteiger partial charge on any atom is 0.323 e.